The van der Waals surface area contributed by atoms with Crippen LogP contribution in [0, 0.1) is 18.2 Å². The summed E-state index contributed by atoms with van der Waals surface area (Å²) in [5, 5.41) is 0. The molecule has 1 aromatic carbocycles. The highest BCUT2D eigenvalue weighted by Crippen LogP contribution is 2.24. The molecule has 5 heteroatoms. The summed E-state index contributed by atoms with van der Waals surface area (Å²) >= 11 is 1.50. The van der Waals surface area contributed by atoms with E-state index in [4.69, 9.17) is 15.9 Å². The smallest absolute Gasteiger partial charge is 0.165 e. The molecule has 0 N–H and O–H groups in total. The maximum atomic E-state index is 13.3. The van der Waals surface area contributed by atoms with Crippen LogP contribution in [0.25, 0.3) is 0 Å². The summed E-state index contributed by atoms with van der Waals surface area (Å²) in [6, 6.07) is 4.31. The first-order valence-corrected chi connectivity index (χ1v) is 6.03. The number of rotatable bonds is 5. The van der Waals surface area contributed by atoms with Crippen LogP contribution in [0.5, 0.6) is 11.5 Å². The van der Waals surface area contributed by atoms with Crippen LogP contribution in [0.4, 0.5) is 4.39 Å². The van der Waals surface area contributed by atoms with Crippen molar-refractivity contribution in [3.05, 3.63) is 40.6 Å². The molecule has 1 heterocycles. The van der Waals surface area contributed by atoms with Gasteiger partial charge in [0, 0.05) is 12.3 Å². The standard InChI is InChI=1S/C13H10FNO2S/c1-2-5-16-13-6-10(3-4-12(13)14)17-8-11-7-15-9-18-11/h1,3-4,6-7,9H,5,8H2. The number of benzene rings is 1. The number of hydrogen-bond donors (Lipinski definition) is 0. The molecule has 2 rings (SSSR count). The summed E-state index contributed by atoms with van der Waals surface area (Å²) in [6.45, 7) is 0.417. The maximum absolute atomic E-state index is 13.3. The van der Waals surface area contributed by atoms with E-state index in [1.165, 1.54) is 23.5 Å². The molecule has 0 atom stereocenters. The first-order valence-electron chi connectivity index (χ1n) is 5.15. The van der Waals surface area contributed by atoms with Crippen molar-refractivity contribution in [1.82, 2.24) is 4.98 Å². The Labute approximate surface area is 108 Å². The molecule has 0 amide bonds. The summed E-state index contributed by atoms with van der Waals surface area (Å²) in [5.41, 5.74) is 1.73. The van der Waals surface area contributed by atoms with Gasteiger partial charge in [0.15, 0.2) is 11.6 Å². The van der Waals surface area contributed by atoms with Gasteiger partial charge in [0.25, 0.3) is 0 Å². The van der Waals surface area contributed by atoms with Crippen LogP contribution in [0.3, 0.4) is 0 Å². The monoisotopic (exact) mass is 263 g/mol. The van der Waals surface area contributed by atoms with Gasteiger partial charge in [0.05, 0.1) is 10.4 Å². The lowest BCUT2D eigenvalue weighted by atomic mass is 10.3. The van der Waals surface area contributed by atoms with Crippen molar-refractivity contribution in [3.8, 4) is 23.8 Å². The lowest BCUT2D eigenvalue weighted by molar-refractivity contribution is 0.301. The highest BCUT2D eigenvalue weighted by molar-refractivity contribution is 7.09. The molecule has 0 spiro atoms. The Morgan fingerprint density at radius 3 is 3.00 bits per heavy atom. The van der Waals surface area contributed by atoms with Crippen LogP contribution in [0.2, 0.25) is 0 Å². The topological polar surface area (TPSA) is 31.4 Å². The number of hydrogen-bond acceptors (Lipinski definition) is 4. The zero-order chi connectivity index (χ0) is 12.8. The zero-order valence-corrected chi connectivity index (χ0v) is 10.2. The number of aromatic nitrogens is 1. The summed E-state index contributed by atoms with van der Waals surface area (Å²) < 4.78 is 23.9. The Balaban J connectivity index is 2.02. The van der Waals surface area contributed by atoms with Gasteiger partial charge in [-0.15, -0.1) is 17.8 Å². The molecular formula is C13H10FNO2S. The third-order valence-electron chi connectivity index (χ3n) is 2.08. The molecule has 0 aliphatic carbocycles. The van der Waals surface area contributed by atoms with E-state index in [2.05, 4.69) is 10.9 Å². The third kappa shape index (κ3) is 3.22. The summed E-state index contributed by atoms with van der Waals surface area (Å²) in [7, 11) is 0. The second-order valence-electron chi connectivity index (χ2n) is 3.34. The molecule has 0 saturated heterocycles. The van der Waals surface area contributed by atoms with E-state index >= 15 is 0 Å². The first-order chi connectivity index (χ1) is 8.79. The zero-order valence-electron chi connectivity index (χ0n) is 9.43. The van der Waals surface area contributed by atoms with E-state index in [-0.39, 0.29) is 12.4 Å². The summed E-state index contributed by atoms with van der Waals surface area (Å²) in [6.07, 6.45) is 6.78. The molecular weight excluding hydrogens is 253 g/mol. The van der Waals surface area contributed by atoms with E-state index in [1.807, 2.05) is 0 Å². The van der Waals surface area contributed by atoms with Gasteiger partial charge in [-0.25, -0.2) is 4.39 Å². The minimum Gasteiger partial charge on any atom is -0.488 e. The van der Waals surface area contributed by atoms with Gasteiger partial charge in [0.2, 0.25) is 0 Å². The van der Waals surface area contributed by atoms with Crippen LogP contribution in [-0.4, -0.2) is 11.6 Å². The van der Waals surface area contributed by atoms with Gasteiger partial charge >= 0.3 is 0 Å². The van der Waals surface area contributed by atoms with Crippen molar-refractivity contribution in [2.45, 2.75) is 6.61 Å². The number of terminal acetylenes is 1. The Morgan fingerprint density at radius 2 is 2.28 bits per heavy atom. The number of ether oxygens (including phenoxy) is 2. The predicted molar refractivity (Wildman–Crippen MR) is 67.2 cm³/mol. The first kappa shape index (κ1) is 12.4. The molecule has 0 radical (unpaired) electrons. The molecule has 0 fully saturated rings. The maximum Gasteiger partial charge on any atom is 0.165 e. The Hall–Kier alpha value is -2.06. The van der Waals surface area contributed by atoms with E-state index in [0.29, 0.717) is 12.4 Å². The van der Waals surface area contributed by atoms with Crippen molar-refractivity contribution in [3.63, 3.8) is 0 Å². The van der Waals surface area contributed by atoms with Gasteiger partial charge in [-0.05, 0) is 12.1 Å². The quantitative estimate of drug-likeness (QED) is 0.777. The van der Waals surface area contributed by atoms with Gasteiger partial charge in [-0.3, -0.25) is 4.98 Å². The molecule has 92 valence electrons. The molecule has 3 nitrogen and oxygen atoms in total. The van der Waals surface area contributed by atoms with Crippen molar-refractivity contribution < 1.29 is 13.9 Å². The van der Waals surface area contributed by atoms with Gasteiger partial charge in [-0.1, -0.05) is 5.92 Å². The fourth-order valence-electron chi connectivity index (χ4n) is 1.27. The minimum atomic E-state index is -0.463. The van der Waals surface area contributed by atoms with Crippen LogP contribution in [0.15, 0.2) is 29.9 Å². The van der Waals surface area contributed by atoms with Gasteiger partial charge < -0.3 is 9.47 Å². The average molecular weight is 263 g/mol. The second-order valence-corrected chi connectivity index (χ2v) is 4.31. The molecule has 0 saturated carbocycles. The average Bonchev–Trinajstić information content (AvgIpc) is 2.89. The van der Waals surface area contributed by atoms with Crippen molar-refractivity contribution >= 4 is 11.3 Å². The number of nitrogens with zero attached hydrogens (tertiary/aromatic N) is 1. The fraction of sp³-hybridized carbons (Fsp3) is 0.154. The molecule has 0 aliphatic heterocycles. The highest BCUT2D eigenvalue weighted by atomic mass is 32.1. The van der Waals surface area contributed by atoms with E-state index in [1.54, 1.807) is 17.8 Å². The fourth-order valence-corrected chi connectivity index (χ4v) is 1.78. The van der Waals surface area contributed by atoms with E-state index < -0.39 is 5.82 Å². The lowest BCUT2D eigenvalue weighted by Crippen LogP contribution is -1.98. The van der Waals surface area contributed by atoms with Crippen LogP contribution >= 0.6 is 11.3 Å². The number of halogens is 1. The highest BCUT2D eigenvalue weighted by Gasteiger charge is 2.06. The van der Waals surface area contributed by atoms with Crippen molar-refractivity contribution in [2.75, 3.05) is 6.61 Å². The molecule has 2 aromatic rings. The molecule has 0 bridgehead atoms. The Bertz CT molecular complexity index is 549. The van der Waals surface area contributed by atoms with Crippen molar-refractivity contribution in [2.24, 2.45) is 0 Å². The van der Waals surface area contributed by atoms with E-state index in [9.17, 15) is 4.39 Å². The van der Waals surface area contributed by atoms with Crippen molar-refractivity contribution in [1.29, 1.82) is 0 Å². The largest absolute Gasteiger partial charge is 0.488 e. The molecule has 1 aromatic heterocycles. The Morgan fingerprint density at radius 1 is 1.39 bits per heavy atom. The van der Waals surface area contributed by atoms with Crippen LogP contribution in [-0.2, 0) is 6.61 Å². The summed E-state index contributed by atoms with van der Waals surface area (Å²) in [4.78, 5) is 4.93. The van der Waals surface area contributed by atoms with Gasteiger partial charge in [-0.2, -0.15) is 0 Å². The SMILES string of the molecule is C#CCOc1cc(OCc2cncs2)ccc1F. The normalized spacial score (nSPS) is 9.78. The molecule has 0 aliphatic rings. The second kappa shape index (κ2) is 6.03. The summed E-state index contributed by atoms with van der Waals surface area (Å²) in [5.74, 6) is 2.44. The lowest BCUT2D eigenvalue weighted by Gasteiger charge is -2.08. The number of thiazole rings is 1. The third-order valence-corrected chi connectivity index (χ3v) is 2.83. The van der Waals surface area contributed by atoms with E-state index in [0.717, 1.165) is 4.88 Å². The van der Waals surface area contributed by atoms with Crippen LogP contribution < -0.4 is 9.47 Å². The minimum absolute atomic E-state index is 0.0230. The predicted octanol–water partition coefficient (Wildman–Crippen LogP) is 2.87. The van der Waals surface area contributed by atoms with Crippen LogP contribution in [0.1, 0.15) is 4.88 Å². The van der Waals surface area contributed by atoms with Gasteiger partial charge in [0.1, 0.15) is 19.0 Å². The Kier molecular flexibility index (Phi) is 4.15. The molecule has 0 unspecified atom stereocenters. The molecule has 18 heavy (non-hydrogen) atoms.